The van der Waals surface area contributed by atoms with Crippen LogP contribution in [0.3, 0.4) is 0 Å². The standard InChI is InChI=1S/C20H19IO4/c1-12(21)3-4-14-9-16-17(23)10-19(13-5-7-15(22)8-6-13)25-20(16)11-18(14)24-2/h3,5-9,11,19,22H,4,10H2,1-2H3/b12-3-. The third kappa shape index (κ3) is 3.98. The molecular weight excluding hydrogens is 431 g/mol. The summed E-state index contributed by atoms with van der Waals surface area (Å²) >= 11 is 2.26. The van der Waals surface area contributed by atoms with Crippen molar-refractivity contribution in [1.82, 2.24) is 0 Å². The Morgan fingerprint density at radius 2 is 2.08 bits per heavy atom. The SMILES string of the molecule is COc1cc2c(cc1C/C=C(/C)I)C(=O)CC(c1ccc(O)cc1)O2. The van der Waals surface area contributed by atoms with Gasteiger partial charge in [0.25, 0.3) is 0 Å². The number of allylic oxidation sites excluding steroid dienone is 2. The summed E-state index contributed by atoms with van der Waals surface area (Å²) < 4.78 is 12.7. The minimum absolute atomic E-state index is 0.0541. The molecule has 25 heavy (non-hydrogen) atoms. The number of ether oxygens (including phenoxy) is 2. The fourth-order valence-corrected chi connectivity index (χ4v) is 3.09. The Kier molecular flexibility index (Phi) is 5.32. The predicted octanol–water partition coefficient (Wildman–Crippen LogP) is 4.99. The molecule has 2 aromatic carbocycles. The molecule has 0 saturated heterocycles. The summed E-state index contributed by atoms with van der Waals surface area (Å²) in [6.45, 7) is 2.03. The van der Waals surface area contributed by atoms with Gasteiger partial charge in [0.2, 0.25) is 0 Å². The van der Waals surface area contributed by atoms with E-state index in [4.69, 9.17) is 9.47 Å². The van der Waals surface area contributed by atoms with Crippen LogP contribution in [0.1, 0.15) is 40.9 Å². The normalized spacial score (nSPS) is 17.0. The van der Waals surface area contributed by atoms with Gasteiger partial charge in [0.1, 0.15) is 23.4 Å². The van der Waals surface area contributed by atoms with E-state index in [9.17, 15) is 9.90 Å². The topological polar surface area (TPSA) is 55.8 Å². The minimum atomic E-state index is -0.354. The first kappa shape index (κ1) is 17.8. The second kappa shape index (κ2) is 7.47. The van der Waals surface area contributed by atoms with Gasteiger partial charge in [0.05, 0.1) is 19.1 Å². The van der Waals surface area contributed by atoms with Crippen molar-refractivity contribution in [3.63, 3.8) is 0 Å². The summed E-state index contributed by atoms with van der Waals surface area (Å²) in [6, 6.07) is 10.4. The highest BCUT2D eigenvalue weighted by Crippen LogP contribution is 2.39. The van der Waals surface area contributed by atoms with Crippen molar-refractivity contribution < 1.29 is 19.4 Å². The van der Waals surface area contributed by atoms with Gasteiger partial charge in [-0.05, 0) is 68.8 Å². The molecule has 0 bridgehead atoms. The Hall–Kier alpha value is -2.02. The largest absolute Gasteiger partial charge is 0.508 e. The number of Topliss-reactive ketones (excluding diaryl/α,β-unsaturated/α-hetero) is 1. The molecule has 1 unspecified atom stereocenters. The highest BCUT2D eigenvalue weighted by molar-refractivity contribution is 14.1. The zero-order valence-electron chi connectivity index (χ0n) is 14.1. The van der Waals surface area contributed by atoms with E-state index in [0.29, 0.717) is 23.5 Å². The Bertz CT molecular complexity index is 820. The average Bonchev–Trinajstić information content (AvgIpc) is 2.59. The molecule has 1 atom stereocenters. The molecule has 1 heterocycles. The van der Waals surface area contributed by atoms with Crippen molar-refractivity contribution in [3.8, 4) is 17.2 Å². The van der Waals surface area contributed by atoms with Crippen LogP contribution in [-0.2, 0) is 6.42 Å². The number of fused-ring (bicyclic) bond motifs is 1. The van der Waals surface area contributed by atoms with E-state index in [1.165, 1.54) is 3.58 Å². The summed E-state index contributed by atoms with van der Waals surface area (Å²) in [5.74, 6) is 1.51. The summed E-state index contributed by atoms with van der Waals surface area (Å²) in [5, 5.41) is 9.42. The number of hydrogen-bond donors (Lipinski definition) is 1. The van der Waals surface area contributed by atoms with Crippen LogP contribution in [0.25, 0.3) is 0 Å². The number of benzene rings is 2. The highest BCUT2D eigenvalue weighted by Gasteiger charge is 2.29. The van der Waals surface area contributed by atoms with Crippen LogP contribution < -0.4 is 9.47 Å². The summed E-state index contributed by atoms with van der Waals surface area (Å²) in [5.41, 5.74) is 2.44. The van der Waals surface area contributed by atoms with Crippen molar-refractivity contribution in [3.05, 3.63) is 62.7 Å². The lowest BCUT2D eigenvalue weighted by Crippen LogP contribution is -2.20. The highest BCUT2D eigenvalue weighted by atomic mass is 127. The second-order valence-electron chi connectivity index (χ2n) is 5.98. The van der Waals surface area contributed by atoms with Gasteiger partial charge in [-0.3, -0.25) is 4.79 Å². The molecule has 0 spiro atoms. The quantitative estimate of drug-likeness (QED) is 0.668. The van der Waals surface area contributed by atoms with Crippen LogP contribution in [0.15, 0.2) is 46.1 Å². The van der Waals surface area contributed by atoms with Crippen LogP contribution >= 0.6 is 22.6 Å². The van der Waals surface area contributed by atoms with E-state index < -0.39 is 0 Å². The Labute approximate surface area is 160 Å². The van der Waals surface area contributed by atoms with Gasteiger partial charge in [-0.15, -0.1) is 0 Å². The first-order valence-corrected chi connectivity index (χ1v) is 9.07. The zero-order chi connectivity index (χ0) is 18.0. The van der Waals surface area contributed by atoms with E-state index in [1.54, 1.807) is 37.4 Å². The maximum absolute atomic E-state index is 12.6. The molecule has 130 valence electrons. The number of ketones is 1. The molecule has 0 aliphatic carbocycles. The van der Waals surface area contributed by atoms with Crippen molar-refractivity contribution in [2.75, 3.05) is 7.11 Å². The third-order valence-corrected chi connectivity index (χ3v) is 4.63. The molecule has 0 aromatic heterocycles. The molecule has 0 amide bonds. The van der Waals surface area contributed by atoms with Gasteiger partial charge in [-0.2, -0.15) is 0 Å². The van der Waals surface area contributed by atoms with Crippen LogP contribution in [0.5, 0.6) is 17.2 Å². The second-order valence-corrected chi connectivity index (χ2v) is 7.68. The van der Waals surface area contributed by atoms with Crippen LogP contribution in [0.2, 0.25) is 0 Å². The molecule has 5 heteroatoms. The lowest BCUT2D eigenvalue weighted by Gasteiger charge is -2.26. The number of rotatable bonds is 4. The van der Waals surface area contributed by atoms with E-state index in [1.807, 2.05) is 13.0 Å². The molecular formula is C20H19IO4. The smallest absolute Gasteiger partial charge is 0.170 e. The molecule has 1 aliphatic heterocycles. The lowest BCUT2D eigenvalue weighted by atomic mass is 9.94. The third-order valence-electron chi connectivity index (χ3n) is 4.19. The van der Waals surface area contributed by atoms with Crippen molar-refractivity contribution in [2.45, 2.75) is 25.9 Å². The van der Waals surface area contributed by atoms with Gasteiger partial charge in [-0.1, -0.05) is 18.2 Å². The number of phenolic OH excluding ortho intramolecular Hbond substituents is 1. The van der Waals surface area contributed by atoms with Crippen molar-refractivity contribution in [2.24, 2.45) is 0 Å². The number of hydrogen-bond acceptors (Lipinski definition) is 4. The Balaban J connectivity index is 1.94. The first-order valence-electron chi connectivity index (χ1n) is 8.00. The van der Waals surface area contributed by atoms with E-state index in [0.717, 1.165) is 11.1 Å². The summed E-state index contributed by atoms with van der Waals surface area (Å²) in [7, 11) is 1.62. The summed E-state index contributed by atoms with van der Waals surface area (Å²) in [6.07, 6.45) is 2.73. The van der Waals surface area contributed by atoms with Crippen molar-refractivity contribution >= 4 is 28.4 Å². The van der Waals surface area contributed by atoms with Gasteiger partial charge in [0.15, 0.2) is 5.78 Å². The van der Waals surface area contributed by atoms with Crippen molar-refractivity contribution in [1.29, 1.82) is 0 Å². The number of aromatic hydroxyl groups is 1. The number of methoxy groups -OCH3 is 1. The van der Waals surface area contributed by atoms with E-state index in [-0.39, 0.29) is 24.1 Å². The lowest BCUT2D eigenvalue weighted by molar-refractivity contribution is 0.0849. The van der Waals surface area contributed by atoms with Crippen LogP contribution in [0, 0.1) is 0 Å². The summed E-state index contributed by atoms with van der Waals surface area (Å²) in [4.78, 5) is 12.6. The number of carbonyl (C=O) groups excluding carboxylic acids is 1. The molecule has 1 aliphatic rings. The molecule has 2 aromatic rings. The molecule has 4 nitrogen and oxygen atoms in total. The number of phenols is 1. The average molecular weight is 450 g/mol. The maximum atomic E-state index is 12.6. The zero-order valence-corrected chi connectivity index (χ0v) is 16.2. The fraction of sp³-hybridized carbons (Fsp3) is 0.250. The molecule has 1 N–H and O–H groups in total. The van der Waals surface area contributed by atoms with E-state index >= 15 is 0 Å². The molecule has 0 saturated carbocycles. The molecule has 0 fully saturated rings. The number of carbonyl (C=O) groups is 1. The maximum Gasteiger partial charge on any atom is 0.170 e. The predicted molar refractivity (Wildman–Crippen MR) is 105 cm³/mol. The van der Waals surface area contributed by atoms with Gasteiger partial charge >= 0.3 is 0 Å². The minimum Gasteiger partial charge on any atom is -0.508 e. The molecule has 3 rings (SSSR count). The monoisotopic (exact) mass is 450 g/mol. The first-order chi connectivity index (χ1) is 12.0. The van der Waals surface area contributed by atoms with E-state index in [2.05, 4.69) is 28.7 Å². The number of halogens is 1. The fourth-order valence-electron chi connectivity index (χ4n) is 2.87. The van der Waals surface area contributed by atoms with Gasteiger partial charge < -0.3 is 14.6 Å². The van der Waals surface area contributed by atoms with Gasteiger partial charge in [-0.25, -0.2) is 0 Å². The van der Waals surface area contributed by atoms with Crippen LogP contribution in [0.4, 0.5) is 0 Å². The van der Waals surface area contributed by atoms with Crippen LogP contribution in [-0.4, -0.2) is 18.0 Å². The Morgan fingerprint density at radius 3 is 2.72 bits per heavy atom. The van der Waals surface area contributed by atoms with Gasteiger partial charge in [0, 0.05) is 6.07 Å². The molecule has 0 radical (unpaired) electrons. The Morgan fingerprint density at radius 1 is 1.36 bits per heavy atom.